The van der Waals surface area contributed by atoms with Gasteiger partial charge in [0, 0.05) is 12.6 Å². The summed E-state index contributed by atoms with van der Waals surface area (Å²) < 4.78 is 42.7. The summed E-state index contributed by atoms with van der Waals surface area (Å²) >= 11 is 0. The molecule has 1 aromatic rings. The average molecular weight is 275 g/mol. The highest BCUT2D eigenvalue weighted by Gasteiger charge is 2.30. The second-order valence-electron chi connectivity index (χ2n) is 4.52. The van der Waals surface area contributed by atoms with Crippen LogP contribution in [-0.4, -0.2) is 19.2 Å². The molecular weight excluding hydrogens is 255 g/mol. The van der Waals surface area contributed by atoms with Crippen molar-refractivity contribution in [1.29, 1.82) is 0 Å². The Hall–Kier alpha value is -1.23. The minimum absolute atomic E-state index is 0.250. The number of rotatable bonds is 7. The molecule has 19 heavy (non-hydrogen) atoms. The van der Waals surface area contributed by atoms with Crippen LogP contribution in [0.15, 0.2) is 24.3 Å². The fourth-order valence-electron chi connectivity index (χ4n) is 1.77. The SMILES string of the molecule is CCCC(C)NCCOc1cccc(C(F)(F)F)c1. The molecule has 1 atom stereocenters. The zero-order chi connectivity index (χ0) is 14.3. The molecule has 0 saturated heterocycles. The first kappa shape index (κ1) is 15.8. The van der Waals surface area contributed by atoms with Crippen molar-refractivity contribution in [3.63, 3.8) is 0 Å². The summed E-state index contributed by atoms with van der Waals surface area (Å²) in [7, 11) is 0. The van der Waals surface area contributed by atoms with E-state index >= 15 is 0 Å². The Morgan fingerprint density at radius 3 is 2.68 bits per heavy atom. The lowest BCUT2D eigenvalue weighted by Crippen LogP contribution is -2.29. The minimum Gasteiger partial charge on any atom is -0.492 e. The third kappa shape index (κ3) is 5.96. The zero-order valence-electron chi connectivity index (χ0n) is 11.3. The van der Waals surface area contributed by atoms with Gasteiger partial charge in [0.15, 0.2) is 0 Å². The molecule has 5 heteroatoms. The molecule has 0 amide bonds. The third-order valence-electron chi connectivity index (χ3n) is 2.75. The van der Waals surface area contributed by atoms with Crippen molar-refractivity contribution in [2.45, 2.75) is 38.9 Å². The van der Waals surface area contributed by atoms with Crippen LogP contribution >= 0.6 is 0 Å². The molecule has 0 aliphatic carbocycles. The smallest absolute Gasteiger partial charge is 0.416 e. The molecule has 0 saturated carbocycles. The van der Waals surface area contributed by atoms with Crippen molar-refractivity contribution in [2.24, 2.45) is 0 Å². The van der Waals surface area contributed by atoms with Crippen molar-refractivity contribution in [3.8, 4) is 5.75 Å². The van der Waals surface area contributed by atoms with Gasteiger partial charge >= 0.3 is 6.18 Å². The maximum absolute atomic E-state index is 12.5. The van der Waals surface area contributed by atoms with Gasteiger partial charge < -0.3 is 10.1 Å². The largest absolute Gasteiger partial charge is 0.492 e. The van der Waals surface area contributed by atoms with E-state index in [4.69, 9.17) is 4.74 Å². The van der Waals surface area contributed by atoms with Crippen LogP contribution in [0, 0.1) is 0 Å². The molecule has 0 radical (unpaired) electrons. The van der Waals surface area contributed by atoms with Crippen LogP contribution in [0.4, 0.5) is 13.2 Å². The molecular formula is C14H20F3NO. The third-order valence-corrected chi connectivity index (χ3v) is 2.75. The van der Waals surface area contributed by atoms with Gasteiger partial charge in [0.2, 0.25) is 0 Å². The quantitative estimate of drug-likeness (QED) is 0.763. The summed E-state index contributed by atoms with van der Waals surface area (Å²) in [6.07, 6.45) is -2.15. The second kappa shape index (κ2) is 7.38. The molecule has 2 nitrogen and oxygen atoms in total. The van der Waals surface area contributed by atoms with Gasteiger partial charge in [-0.1, -0.05) is 19.4 Å². The number of hydrogen-bond acceptors (Lipinski definition) is 2. The first-order chi connectivity index (χ1) is 8.93. The predicted molar refractivity (Wildman–Crippen MR) is 69.3 cm³/mol. The maximum atomic E-state index is 12.5. The van der Waals surface area contributed by atoms with Crippen molar-refractivity contribution in [1.82, 2.24) is 5.32 Å². The Labute approximate surface area is 112 Å². The molecule has 0 aliphatic heterocycles. The Bertz CT molecular complexity index is 379. The molecule has 1 N–H and O–H groups in total. The number of ether oxygens (including phenoxy) is 1. The Kier molecular flexibility index (Phi) is 6.15. The van der Waals surface area contributed by atoms with Crippen LogP contribution in [0.25, 0.3) is 0 Å². The molecule has 1 unspecified atom stereocenters. The Morgan fingerprint density at radius 2 is 2.05 bits per heavy atom. The highest BCUT2D eigenvalue weighted by molar-refractivity contribution is 5.30. The van der Waals surface area contributed by atoms with E-state index in [1.54, 1.807) is 0 Å². The average Bonchev–Trinajstić information content (AvgIpc) is 2.34. The van der Waals surface area contributed by atoms with Crippen LogP contribution < -0.4 is 10.1 Å². The van der Waals surface area contributed by atoms with E-state index in [1.807, 2.05) is 0 Å². The van der Waals surface area contributed by atoms with Crippen molar-refractivity contribution < 1.29 is 17.9 Å². The monoisotopic (exact) mass is 275 g/mol. The van der Waals surface area contributed by atoms with E-state index < -0.39 is 11.7 Å². The topological polar surface area (TPSA) is 21.3 Å². The minimum atomic E-state index is -4.33. The van der Waals surface area contributed by atoms with Crippen LogP contribution in [0.5, 0.6) is 5.75 Å². The fourth-order valence-corrected chi connectivity index (χ4v) is 1.77. The summed E-state index contributed by atoms with van der Waals surface area (Å²) in [5.41, 5.74) is -0.683. The fraction of sp³-hybridized carbons (Fsp3) is 0.571. The Balaban J connectivity index is 2.38. The van der Waals surface area contributed by atoms with Gasteiger partial charge in [-0.15, -0.1) is 0 Å². The van der Waals surface area contributed by atoms with E-state index in [2.05, 4.69) is 19.2 Å². The van der Waals surface area contributed by atoms with Crippen LogP contribution in [-0.2, 0) is 6.18 Å². The van der Waals surface area contributed by atoms with Crippen LogP contribution in [0.3, 0.4) is 0 Å². The van der Waals surface area contributed by atoms with Gasteiger partial charge in [-0.25, -0.2) is 0 Å². The van der Waals surface area contributed by atoms with E-state index in [0.29, 0.717) is 19.2 Å². The molecule has 0 aliphatic rings. The second-order valence-corrected chi connectivity index (χ2v) is 4.52. The van der Waals surface area contributed by atoms with Crippen molar-refractivity contribution in [2.75, 3.05) is 13.2 Å². The molecule has 0 fully saturated rings. The lowest BCUT2D eigenvalue weighted by atomic mass is 10.2. The summed E-state index contributed by atoms with van der Waals surface area (Å²) in [5.74, 6) is 0.250. The number of hydrogen-bond donors (Lipinski definition) is 1. The van der Waals surface area contributed by atoms with Gasteiger partial charge in [-0.3, -0.25) is 0 Å². The highest BCUT2D eigenvalue weighted by Crippen LogP contribution is 2.31. The van der Waals surface area contributed by atoms with E-state index in [9.17, 15) is 13.2 Å². The molecule has 0 heterocycles. The molecule has 1 rings (SSSR count). The lowest BCUT2D eigenvalue weighted by molar-refractivity contribution is -0.137. The molecule has 0 aromatic heterocycles. The van der Waals surface area contributed by atoms with Gasteiger partial charge in [0.25, 0.3) is 0 Å². The normalized spacial score (nSPS) is 13.3. The first-order valence-electron chi connectivity index (χ1n) is 6.47. The van der Waals surface area contributed by atoms with Crippen molar-refractivity contribution >= 4 is 0 Å². The number of halogens is 3. The molecule has 0 bridgehead atoms. The highest BCUT2D eigenvalue weighted by atomic mass is 19.4. The predicted octanol–water partition coefficient (Wildman–Crippen LogP) is 3.86. The number of nitrogens with one attached hydrogen (secondary N) is 1. The summed E-state index contributed by atoms with van der Waals surface area (Å²) in [5, 5.41) is 3.25. The van der Waals surface area contributed by atoms with E-state index in [0.717, 1.165) is 25.0 Å². The molecule has 1 aromatic carbocycles. The lowest BCUT2D eigenvalue weighted by Gasteiger charge is -2.14. The zero-order valence-corrected chi connectivity index (χ0v) is 11.3. The van der Waals surface area contributed by atoms with Gasteiger partial charge in [0.05, 0.1) is 5.56 Å². The van der Waals surface area contributed by atoms with Gasteiger partial charge in [-0.05, 0) is 31.5 Å². The Morgan fingerprint density at radius 1 is 1.32 bits per heavy atom. The summed E-state index contributed by atoms with van der Waals surface area (Å²) in [6.45, 7) is 5.16. The maximum Gasteiger partial charge on any atom is 0.416 e. The number of alkyl halides is 3. The van der Waals surface area contributed by atoms with Gasteiger partial charge in [0.1, 0.15) is 12.4 Å². The first-order valence-corrected chi connectivity index (χ1v) is 6.47. The number of benzene rings is 1. The van der Waals surface area contributed by atoms with E-state index in [-0.39, 0.29) is 5.75 Å². The van der Waals surface area contributed by atoms with Crippen molar-refractivity contribution in [3.05, 3.63) is 29.8 Å². The van der Waals surface area contributed by atoms with E-state index in [1.165, 1.54) is 12.1 Å². The summed E-state index contributed by atoms with van der Waals surface area (Å²) in [4.78, 5) is 0. The standard InChI is InChI=1S/C14H20F3NO/c1-3-5-11(2)18-8-9-19-13-7-4-6-12(10-13)14(15,16)17/h4,6-7,10-11,18H,3,5,8-9H2,1-2H3. The van der Waals surface area contributed by atoms with Crippen LogP contribution in [0.1, 0.15) is 32.3 Å². The van der Waals surface area contributed by atoms with Gasteiger partial charge in [-0.2, -0.15) is 13.2 Å². The summed E-state index contributed by atoms with van der Waals surface area (Å²) in [6, 6.07) is 5.34. The molecule has 108 valence electrons. The van der Waals surface area contributed by atoms with Crippen LogP contribution in [0.2, 0.25) is 0 Å². The molecule has 0 spiro atoms.